The van der Waals surface area contributed by atoms with Crippen molar-refractivity contribution in [3.05, 3.63) is 5.82 Å². The molecule has 0 bridgehead atoms. The van der Waals surface area contributed by atoms with E-state index < -0.39 is 0 Å². The van der Waals surface area contributed by atoms with Crippen molar-refractivity contribution in [3.63, 3.8) is 0 Å². The molecule has 1 N–H and O–H groups in total. The summed E-state index contributed by atoms with van der Waals surface area (Å²) in [5.74, 6) is 2.74. The third-order valence-electron chi connectivity index (χ3n) is 4.42. The van der Waals surface area contributed by atoms with E-state index in [1.165, 1.54) is 24.4 Å². The van der Waals surface area contributed by atoms with Crippen molar-refractivity contribution >= 4 is 46.6 Å². The number of guanidine groups is 1. The van der Waals surface area contributed by atoms with Crippen LogP contribution in [0.2, 0.25) is 0 Å². The van der Waals surface area contributed by atoms with Crippen molar-refractivity contribution in [2.45, 2.75) is 26.2 Å². The highest BCUT2D eigenvalue weighted by molar-refractivity contribution is 14.0. The van der Waals surface area contributed by atoms with E-state index in [0.717, 1.165) is 75.2 Å². The van der Waals surface area contributed by atoms with Gasteiger partial charge in [-0.05, 0) is 18.8 Å². The number of hydrogen-bond acceptors (Lipinski definition) is 6. The summed E-state index contributed by atoms with van der Waals surface area (Å²) < 4.78 is 10.0. The van der Waals surface area contributed by atoms with Crippen molar-refractivity contribution in [1.82, 2.24) is 19.6 Å². The van der Waals surface area contributed by atoms with Gasteiger partial charge in [-0.2, -0.15) is 4.37 Å². The minimum absolute atomic E-state index is 0. The van der Waals surface area contributed by atoms with Crippen LogP contribution in [0.4, 0.5) is 5.13 Å². The number of aliphatic imine (C=N–C) groups is 1. The van der Waals surface area contributed by atoms with Crippen molar-refractivity contribution < 1.29 is 4.74 Å². The van der Waals surface area contributed by atoms with E-state index in [9.17, 15) is 0 Å². The molecule has 0 aromatic carbocycles. The molecule has 9 heteroatoms. The lowest BCUT2D eigenvalue weighted by Crippen LogP contribution is -2.53. The average Bonchev–Trinajstić information content (AvgIpc) is 3.32. The first-order valence-corrected chi connectivity index (χ1v) is 9.68. The van der Waals surface area contributed by atoms with Gasteiger partial charge in [0.15, 0.2) is 5.96 Å². The molecule has 1 aliphatic heterocycles. The fourth-order valence-corrected chi connectivity index (χ4v) is 3.53. The van der Waals surface area contributed by atoms with Crippen LogP contribution < -0.4 is 10.2 Å². The van der Waals surface area contributed by atoms with E-state index in [-0.39, 0.29) is 24.0 Å². The molecule has 1 saturated carbocycles. The van der Waals surface area contributed by atoms with Gasteiger partial charge in [0.2, 0.25) is 5.13 Å². The summed E-state index contributed by atoms with van der Waals surface area (Å²) in [6, 6.07) is 0. The lowest BCUT2D eigenvalue weighted by molar-refractivity contribution is 0.128. The molecule has 0 radical (unpaired) electrons. The number of rotatable bonds is 7. The molecular weight excluding hydrogens is 451 g/mol. The molecule has 142 valence electrons. The minimum atomic E-state index is 0. The summed E-state index contributed by atoms with van der Waals surface area (Å²) in [5.41, 5.74) is 0. The van der Waals surface area contributed by atoms with Crippen LogP contribution in [0.1, 0.15) is 25.6 Å². The highest BCUT2D eigenvalue weighted by Crippen LogP contribution is 2.28. The predicted molar refractivity (Wildman–Crippen MR) is 113 cm³/mol. The first kappa shape index (κ1) is 20.6. The van der Waals surface area contributed by atoms with Gasteiger partial charge < -0.3 is 19.9 Å². The number of nitrogens with one attached hydrogen (secondary N) is 1. The van der Waals surface area contributed by atoms with Gasteiger partial charge in [0, 0.05) is 64.3 Å². The number of aromatic nitrogens is 2. The van der Waals surface area contributed by atoms with Crippen LogP contribution in [0.3, 0.4) is 0 Å². The summed E-state index contributed by atoms with van der Waals surface area (Å²) in [5, 5.41) is 4.45. The second kappa shape index (κ2) is 10.5. The Balaban J connectivity index is 0.00000225. The van der Waals surface area contributed by atoms with Crippen LogP contribution in [0.5, 0.6) is 0 Å². The third-order valence-corrected chi connectivity index (χ3v) is 5.23. The van der Waals surface area contributed by atoms with E-state index in [4.69, 9.17) is 4.74 Å². The molecule has 0 atom stereocenters. The number of piperazine rings is 1. The first-order chi connectivity index (χ1) is 11.8. The second-order valence-corrected chi connectivity index (χ2v) is 7.04. The van der Waals surface area contributed by atoms with Crippen LogP contribution in [0.15, 0.2) is 4.99 Å². The molecule has 2 aliphatic rings. The summed E-state index contributed by atoms with van der Waals surface area (Å²) in [7, 11) is 1.85. The zero-order valence-corrected chi connectivity index (χ0v) is 18.3. The number of ether oxygens (including phenoxy) is 1. The quantitative estimate of drug-likeness (QED) is 0.278. The summed E-state index contributed by atoms with van der Waals surface area (Å²) in [6.45, 7) is 8.38. The molecule has 3 rings (SSSR count). The molecule has 1 aliphatic carbocycles. The van der Waals surface area contributed by atoms with Crippen molar-refractivity contribution in [3.8, 4) is 0 Å². The molecule has 2 heterocycles. The standard InChI is InChI=1S/C16H28N6OS.HI/c1-3-14-19-16(24-20-14)22-9-7-21(8-10-22)15(17-2)18-6-11-23-12-13-4-5-13;/h13H,3-12H2,1-2H3,(H,17,18);1H. The Kier molecular flexibility index (Phi) is 8.63. The molecule has 25 heavy (non-hydrogen) atoms. The van der Waals surface area contributed by atoms with E-state index in [1.54, 1.807) is 0 Å². The van der Waals surface area contributed by atoms with Gasteiger partial charge in [-0.25, -0.2) is 4.98 Å². The predicted octanol–water partition coefficient (Wildman–Crippen LogP) is 1.84. The molecule has 0 unspecified atom stereocenters. The fraction of sp³-hybridized carbons (Fsp3) is 0.812. The van der Waals surface area contributed by atoms with Crippen LogP contribution in [-0.4, -0.2) is 73.2 Å². The SMILES string of the molecule is CCc1nsc(N2CCN(C(=NC)NCCOCC3CC3)CC2)n1.I. The van der Waals surface area contributed by atoms with E-state index in [1.807, 2.05) is 7.05 Å². The van der Waals surface area contributed by atoms with Crippen molar-refractivity contribution in [2.75, 3.05) is 57.9 Å². The Morgan fingerprint density at radius 2 is 2.08 bits per heavy atom. The Labute approximate surface area is 171 Å². The summed E-state index contributed by atoms with van der Waals surface area (Å²) in [4.78, 5) is 13.6. The van der Waals surface area contributed by atoms with Gasteiger partial charge in [-0.3, -0.25) is 4.99 Å². The first-order valence-electron chi connectivity index (χ1n) is 8.91. The van der Waals surface area contributed by atoms with E-state index in [0.29, 0.717) is 0 Å². The lowest BCUT2D eigenvalue weighted by Gasteiger charge is -2.36. The lowest BCUT2D eigenvalue weighted by atomic mass is 10.3. The maximum Gasteiger partial charge on any atom is 0.205 e. The molecular formula is C16H29IN6OS. The monoisotopic (exact) mass is 480 g/mol. The van der Waals surface area contributed by atoms with Gasteiger partial charge in [-0.15, -0.1) is 24.0 Å². The summed E-state index contributed by atoms with van der Waals surface area (Å²) >= 11 is 1.51. The summed E-state index contributed by atoms with van der Waals surface area (Å²) in [6.07, 6.45) is 3.58. The Morgan fingerprint density at radius 1 is 1.32 bits per heavy atom. The number of halogens is 1. The van der Waals surface area contributed by atoms with Gasteiger partial charge in [0.05, 0.1) is 6.61 Å². The second-order valence-electron chi connectivity index (χ2n) is 6.31. The molecule has 1 saturated heterocycles. The van der Waals surface area contributed by atoms with Crippen molar-refractivity contribution in [1.29, 1.82) is 0 Å². The Hall–Kier alpha value is -0.680. The Bertz CT molecular complexity index is 542. The molecule has 7 nitrogen and oxygen atoms in total. The van der Waals surface area contributed by atoms with E-state index >= 15 is 0 Å². The number of aryl methyl sites for hydroxylation is 1. The molecule has 0 amide bonds. The van der Waals surface area contributed by atoms with Gasteiger partial charge in [-0.1, -0.05) is 6.92 Å². The molecule has 1 aromatic heterocycles. The van der Waals surface area contributed by atoms with E-state index in [2.05, 4.69) is 36.4 Å². The normalized spacial score (nSPS) is 18.2. The largest absolute Gasteiger partial charge is 0.379 e. The van der Waals surface area contributed by atoms with Gasteiger partial charge in [0.1, 0.15) is 5.82 Å². The maximum absolute atomic E-state index is 5.67. The third kappa shape index (κ3) is 6.21. The maximum atomic E-state index is 5.67. The van der Waals surface area contributed by atoms with Crippen LogP contribution in [0, 0.1) is 5.92 Å². The van der Waals surface area contributed by atoms with Gasteiger partial charge in [0.25, 0.3) is 0 Å². The van der Waals surface area contributed by atoms with Crippen LogP contribution >= 0.6 is 35.5 Å². The molecule has 2 fully saturated rings. The topological polar surface area (TPSA) is 65.9 Å². The molecule has 0 spiro atoms. The number of anilines is 1. The fourth-order valence-electron chi connectivity index (χ4n) is 2.73. The minimum Gasteiger partial charge on any atom is -0.379 e. The van der Waals surface area contributed by atoms with Crippen molar-refractivity contribution in [2.24, 2.45) is 10.9 Å². The van der Waals surface area contributed by atoms with Gasteiger partial charge >= 0.3 is 0 Å². The highest BCUT2D eigenvalue weighted by Gasteiger charge is 2.22. The zero-order chi connectivity index (χ0) is 16.8. The smallest absolute Gasteiger partial charge is 0.205 e. The molecule has 1 aromatic rings. The highest BCUT2D eigenvalue weighted by atomic mass is 127. The average molecular weight is 480 g/mol. The zero-order valence-electron chi connectivity index (χ0n) is 15.1. The Morgan fingerprint density at radius 3 is 2.68 bits per heavy atom. The van der Waals surface area contributed by atoms with Crippen LogP contribution in [0.25, 0.3) is 0 Å². The number of nitrogens with zero attached hydrogens (tertiary/aromatic N) is 5. The number of hydrogen-bond donors (Lipinski definition) is 1. The van der Waals surface area contributed by atoms with Crippen LogP contribution in [-0.2, 0) is 11.2 Å².